The first-order valence-corrected chi connectivity index (χ1v) is 12.8. The Morgan fingerprint density at radius 1 is 1.18 bits per heavy atom. The Labute approximate surface area is 224 Å². The van der Waals surface area contributed by atoms with Crippen LogP contribution in [-0.4, -0.2) is 58.8 Å². The second-order valence-corrected chi connectivity index (χ2v) is 10.6. The van der Waals surface area contributed by atoms with Crippen LogP contribution in [0.25, 0.3) is 10.9 Å². The minimum absolute atomic E-state index is 0.0438. The number of aliphatic hydroxyl groups is 1. The fourth-order valence-corrected chi connectivity index (χ4v) is 4.30. The van der Waals surface area contributed by atoms with Crippen molar-refractivity contribution in [1.82, 2.24) is 14.9 Å². The number of hydrogen-bond donors (Lipinski definition) is 2. The smallest absolute Gasteiger partial charge is 0.224 e. The Morgan fingerprint density at radius 3 is 2.53 bits per heavy atom. The summed E-state index contributed by atoms with van der Waals surface area (Å²) in [6, 6.07) is 8.37. The number of methoxy groups -OCH3 is 1. The van der Waals surface area contributed by atoms with Crippen LogP contribution in [0.2, 0.25) is 0 Å². The van der Waals surface area contributed by atoms with Crippen molar-refractivity contribution in [3.63, 3.8) is 0 Å². The second kappa shape index (κ2) is 11.9. The molecule has 1 amide bonds. The number of carbonyl (C=O) groups is 1. The highest BCUT2D eigenvalue weighted by Crippen LogP contribution is 2.35. The fraction of sp³-hybridized carbons (Fsp3) is 0.483. The lowest BCUT2D eigenvalue weighted by molar-refractivity contribution is -0.133. The quantitative estimate of drug-likeness (QED) is 0.360. The van der Waals surface area contributed by atoms with E-state index in [0.29, 0.717) is 51.7 Å². The number of nitrogens with zero attached hydrogens (tertiary/aromatic N) is 3. The summed E-state index contributed by atoms with van der Waals surface area (Å²) in [6.07, 6.45) is 0.202. The lowest BCUT2D eigenvalue weighted by Crippen LogP contribution is -2.33. The molecule has 1 aromatic heterocycles. The highest BCUT2D eigenvalue weighted by Gasteiger charge is 2.21. The predicted octanol–water partition coefficient (Wildman–Crippen LogP) is 5.07. The number of fused-ring (bicyclic) bond motifs is 1. The van der Waals surface area contributed by atoms with E-state index in [2.05, 4.69) is 15.3 Å². The number of aryl methyl sites for hydroxylation is 1. The summed E-state index contributed by atoms with van der Waals surface area (Å²) >= 11 is 0. The molecule has 0 aliphatic heterocycles. The average Bonchev–Trinajstić information content (AvgIpc) is 2.83. The Bertz CT molecular complexity index is 1290. The first kappa shape index (κ1) is 29.1. The topological polar surface area (TPSA) is 96.8 Å². The number of aromatic nitrogens is 2. The molecule has 0 unspecified atom stereocenters. The summed E-state index contributed by atoms with van der Waals surface area (Å²) in [7, 11) is 3.31. The van der Waals surface area contributed by atoms with Crippen LogP contribution in [0.15, 0.2) is 30.3 Å². The molecule has 0 bridgehead atoms. The number of likely N-dealkylation sites (N-methyl/N-ethyl adjacent to an activating group) is 1. The van der Waals surface area contributed by atoms with Crippen LogP contribution >= 0.6 is 0 Å². The molecule has 2 aromatic carbocycles. The molecule has 38 heavy (non-hydrogen) atoms. The highest BCUT2D eigenvalue weighted by molar-refractivity contribution is 5.92. The van der Waals surface area contributed by atoms with Crippen LogP contribution in [0.3, 0.4) is 0 Å². The normalized spacial score (nSPS) is 12.5. The van der Waals surface area contributed by atoms with Crippen LogP contribution in [0.4, 0.5) is 10.2 Å². The molecule has 1 atom stereocenters. The van der Waals surface area contributed by atoms with Crippen LogP contribution in [-0.2, 0) is 11.2 Å². The summed E-state index contributed by atoms with van der Waals surface area (Å²) in [6.45, 7) is 11.4. The molecule has 0 spiro atoms. The fourth-order valence-electron chi connectivity index (χ4n) is 4.30. The Hall–Kier alpha value is -3.46. The third kappa shape index (κ3) is 7.10. The van der Waals surface area contributed by atoms with Crippen LogP contribution in [0.1, 0.15) is 57.6 Å². The molecule has 0 saturated carbocycles. The Balaban J connectivity index is 1.91. The number of anilines is 1. The summed E-state index contributed by atoms with van der Waals surface area (Å²) < 4.78 is 26.9. The van der Waals surface area contributed by atoms with E-state index >= 15 is 4.39 Å². The maximum absolute atomic E-state index is 15.4. The summed E-state index contributed by atoms with van der Waals surface area (Å²) in [4.78, 5) is 23.0. The van der Waals surface area contributed by atoms with Crippen molar-refractivity contribution in [3.05, 3.63) is 53.1 Å². The molecule has 2 N–H and O–H groups in total. The third-order valence-corrected chi connectivity index (χ3v) is 6.20. The van der Waals surface area contributed by atoms with Gasteiger partial charge in [0, 0.05) is 36.4 Å². The molecule has 0 aliphatic rings. The van der Waals surface area contributed by atoms with Gasteiger partial charge in [-0.2, -0.15) is 0 Å². The summed E-state index contributed by atoms with van der Waals surface area (Å²) in [5.41, 5.74) is 0.551. The van der Waals surface area contributed by atoms with Gasteiger partial charge in [0.05, 0.1) is 30.8 Å². The second-order valence-electron chi connectivity index (χ2n) is 10.6. The SMILES string of the molecule is COc1cc2nc(C)nc(N[C@H](C)c3cccc(CC(C)(C)O)c3F)c2cc1OCCN(C)C(=O)C(C)C. The molecule has 3 aromatic rings. The van der Waals surface area contributed by atoms with E-state index in [1.807, 2.05) is 20.8 Å². The van der Waals surface area contributed by atoms with Crippen molar-refractivity contribution in [2.24, 2.45) is 5.92 Å². The Kier molecular flexibility index (Phi) is 9.14. The van der Waals surface area contributed by atoms with Gasteiger partial charge in [0.1, 0.15) is 24.1 Å². The molecule has 0 aliphatic carbocycles. The zero-order chi connectivity index (χ0) is 28.2. The number of rotatable bonds is 11. The number of hydrogen-bond acceptors (Lipinski definition) is 7. The molecule has 9 heteroatoms. The van der Waals surface area contributed by atoms with E-state index in [4.69, 9.17) is 9.47 Å². The highest BCUT2D eigenvalue weighted by atomic mass is 19.1. The first-order valence-electron chi connectivity index (χ1n) is 12.8. The largest absolute Gasteiger partial charge is 0.493 e. The van der Waals surface area contributed by atoms with E-state index in [9.17, 15) is 9.90 Å². The van der Waals surface area contributed by atoms with Gasteiger partial charge >= 0.3 is 0 Å². The standard InChI is InChI=1S/C29H39FN4O4/c1-17(2)28(35)34(7)12-13-38-25-14-22-23(15-24(25)37-8)32-19(4)33-27(22)31-18(3)21-11-9-10-20(26(21)30)16-29(5,6)36/h9-11,14-15,17-18,36H,12-13,16H2,1-8H3,(H,31,32,33)/t18-/m1/s1. The number of carbonyl (C=O) groups excluding carboxylic acids is 1. The maximum Gasteiger partial charge on any atom is 0.224 e. The zero-order valence-electron chi connectivity index (χ0n) is 23.6. The minimum Gasteiger partial charge on any atom is -0.493 e. The van der Waals surface area contributed by atoms with E-state index in [1.54, 1.807) is 70.2 Å². The molecule has 0 saturated heterocycles. The summed E-state index contributed by atoms with van der Waals surface area (Å²) in [5, 5.41) is 14.2. The molecule has 1 heterocycles. The van der Waals surface area contributed by atoms with Crippen molar-refractivity contribution >= 4 is 22.6 Å². The van der Waals surface area contributed by atoms with Gasteiger partial charge in [0.15, 0.2) is 11.5 Å². The van der Waals surface area contributed by atoms with Gasteiger partial charge in [0.25, 0.3) is 0 Å². The van der Waals surface area contributed by atoms with Gasteiger partial charge < -0.3 is 24.8 Å². The van der Waals surface area contributed by atoms with Crippen LogP contribution in [0, 0.1) is 18.7 Å². The van der Waals surface area contributed by atoms with Crippen molar-refractivity contribution in [2.45, 2.75) is 59.6 Å². The van der Waals surface area contributed by atoms with Crippen molar-refractivity contribution in [3.8, 4) is 11.5 Å². The number of amides is 1. The van der Waals surface area contributed by atoms with Crippen molar-refractivity contribution in [1.29, 1.82) is 0 Å². The van der Waals surface area contributed by atoms with E-state index in [0.717, 1.165) is 0 Å². The molecule has 0 fully saturated rings. The van der Waals surface area contributed by atoms with Crippen LogP contribution in [0.5, 0.6) is 11.5 Å². The minimum atomic E-state index is -1.03. The molecule has 8 nitrogen and oxygen atoms in total. The Morgan fingerprint density at radius 2 is 1.89 bits per heavy atom. The number of ether oxygens (including phenoxy) is 2. The summed E-state index contributed by atoms with van der Waals surface area (Å²) in [5.74, 6) is 1.69. The molecule has 0 radical (unpaired) electrons. The van der Waals surface area contributed by atoms with Gasteiger partial charge in [-0.3, -0.25) is 4.79 Å². The lowest BCUT2D eigenvalue weighted by Gasteiger charge is -2.22. The zero-order valence-corrected chi connectivity index (χ0v) is 23.6. The van der Waals surface area contributed by atoms with E-state index < -0.39 is 11.6 Å². The lowest BCUT2D eigenvalue weighted by atomic mass is 9.95. The molecular weight excluding hydrogens is 487 g/mol. The predicted molar refractivity (Wildman–Crippen MR) is 147 cm³/mol. The average molecular weight is 527 g/mol. The van der Waals surface area contributed by atoms with Crippen LogP contribution < -0.4 is 14.8 Å². The first-order chi connectivity index (χ1) is 17.8. The van der Waals surface area contributed by atoms with Gasteiger partial charge in [-0.15, -0.1) is 0 Å². The van der Waals surface area contributed by atoms with E-state index in [1.165, 1.54) is 0 Å². The maximum atomic E-state index is 15.4. The van der Waals surface area contributed by atoms with Gasteiger partial charge in [-0.1, -0.05) is 32.0 Å². The number of nitrogens with one attached hydrogen (secondary N) is 1. The molecular formula is C29H39FN4O4. The van der Waals surface area contributed by atoms with Gasteiger partial charge in [0.2, 0.25) is 5.91 Å². The number of benzene rings is 2. The van der Waals surface area contributed by atoms with Gasteiger partial charge in [-0.25, -0.2) is 14.4 Å². The van der Waals surface area contributed by atoms with Gasteiger partial charge in [-0.05, 0) is 39.3 Å². The number of halogens is 1. The van der Waals surface area contributed by atoms with E-state index in [-0.39, 0.29) is 30.7 Å². The molecule has 3 rings (SSSR count). The van der Waals surface area contributed by atoms with Crippen molar-refractivity contribution < 1.29 is 23.8 Å². The van der Waals surface area contributed by atoms with Crippen molar-refractivity contribution in [2.75, 3.05) is 32.6 Å². The third-order valence-electron chi connectivity index (χ3n) is 6.20. The monoisotopic (exact) mass is 526 g/mol. The molecule has 206 valence electrons.